The Balaban J connectivity index is 3.15. The zero-order chi connectivity index (χ0) is 9.40. The van der Waals surface area contributed by atoms with E-state index >= 15 is 0 Å². The number of hydrogen-bond acceptors (Lipinski definition) is 1. The maximum atomic E-state index is 10.8. The van der Waals surface area contributed by atoms with Gasteiger partial charge in [-0.2, -0.15) is 0 Å². The molecule has 0 aromatic carbocycles. The summed E-state index contributed by atoms with van der Waals surface area (Å²) < 4.78 is 0. The van der Waals surface area contributed by atoms with Crippen LogP contribution < -0.4 is 5.32 Å². The number of unbranched alkanes of at least 4 members (excludes halogenated alkanes) is 1. The number of hydrogen-bond donors (Lipinski definition) is 1. The first-order valence-electron chi connectivity index (χ1n) is 4.91. The fraction of sp³-hybridized carbons (Fsp3) is 0.900. The zero-order valence-corrected chi connectivity index (χ0v) is 8.52. The SMILES string of the molecule is CCC(C)CCCCC(=O)NC. The van der Waals surface area contributed by atoms with Crippen molar-refractivity contribution in [3.8, 4) is 0 Å². The van der Waals surface area contributed by atoms with E-state index in [2.05, 4.69) is 19.2 Å². The predicted octanol–water partition coefficient (Wildman–Crippen LogP) is 2.34. The number of carbonyl (C=O) groups excluding carboxylic acids is 1. The summed E-state index contributed by atoms with van der Waals surface area (Å²) in [7, 11) is 1.69. The largest absolute Gasteiger partial charge is 0.359 e. The van der Waals surface area contributed by atoms with Crippen LogP contribution in [0.1, 0.15) is 46.0 Å². The zero-order valence-electron chi connectivity index (χ0n) is 8.52. The molecule has 2 nitrogen and oxygen atoms in total. The van der Waals surface area contributed by atoms with Crippen LogP contribution >= 0.6 is 0 Å². The number of amides is 1. The summed E-state index contributed by atoms with van der Waals surface area (Å²) in [5.41, 5.74) is 0. The summed E-state index contributed by atoms with van der Waals surface area (Å²) in [6.07, 6.45) is 5.41. The minimum Gasteiger partial charge on any atom is -0.359 e. The third-order valence-electron chi connectivity index (χ3n) is 2.33. The molecule has 1 unspecified atom stereocenters. The van der Waals surface area contributed by atoms with Gasteiger partial charge in [-0.15, -0.1) is 0 Å². The third-order valence-corrected chi connectivity index (χ3v) is 2.33. The Kier molecular flexibility index (Phi) is 6.82. The fourth-order valence-electron chi connectivity index (χ4n) is 1.11. The Bertz CT molecular complexity index is 123. The molecule has 1 amide bonds. The van der Waals surface area contributed by atoms with Crippen LogP contribution in [-0.2, 0) is 4.79 Å². The number of rotatable bonds is 6. The van der Waals surface area contributed by atoms with E-state index in [1.807, 2.05) is 0 Å². The molecule has 0 aliphatic carbocycles. The van der Waals surface area contributed by atoms with E-state index < -0.39 is 0 Å². The second kappa shape index (κ2) is 7.14. The second-order valence-electron chi connectivity index (χ2n) is 3.43. The Labute approximate surface area is 75.7 Å². The second-order valence-corrected chi connectivity index (χ2v) is 3.43. The van der Waals surface area contributed by atoms with Gasteiger partial charge in [-0.05, 0) is 12.3 Å². The van der Waals surface area contributed by atoms with Crippen molar-refractivity contribution in [2.45, 2.75) is 46.0 Å². The van der Waals surface area contributed by atoms with Crippen molar-refractivity contribution in [2.75, 3.05) is 7.05 Å². The smallest absolute Gasteiger partial charge is 0.219 e. The van der Waals surface area contributed by atoms with Crippen molar-refractivity contribution in [3.63, 3.8) is 0 Å². The summed E-state index contributed by atoms with van der Waals surface area (Å²) >= 11 is 0. The molecular weight excluding hydrogens is 150 g/mol. The van der Waals surface area contributed by atoms with Gasteiger partial charge >= 0.3 is 0 Å². The van der Waals surface area contributed by atoms with E-state index in [9.17, 15) is 4.79 Å². The topological polar surface area (TPSA) is 29.1 Å². The summed E-state index contributed by atoms with van der Waals surface area (Å²) in [5.74, 6) is 0.980. The van der Waals surface area contributed by atoms with Gasteiger partial charge in [0, 0.05) is 13.5 Å². The maximum Gasteiger partial charge on any atom is 0.219 e. The van der Waals surface area contributed by atoms with Crippen LogP contribution in [0, 0.1) is 5.92 Å². The molecule has 0 aliphatic rings. The highest BCUT2D eigenvalue weighted by molar-refractivity contribution is 5.75. The van der Waals surface area contributed by atoms with Crippen LogP contribution in [0.3, 0.4) is 0 Å². The van der Waals surface area contributed by atoms with Crippen molar-refractivity contribution in [3.05, 3.63) is 0 Å². The first-order chi connectivity index (χ1) is 5.70. The highest BCUT2D eigenvalue weighted by Crippen LogP contribution is 2.11. The van der Waals surface area contributed by atoms with E-state index in [-0.39, 0.29) is 5.91 Å². The first-order valence-corrected chi connectivity index (χ1v) is 4.91. The summed E-state index contributed by atoms with van der Waals surface area (Å²) in [6.45, 7) is 4.48. The Morgan fingerprint density at radius 3 is 2.58 bits per heavy atom. The van der Waals surface area contributed by atoms with E-state index in [1.54, 1.807) is 7.05 Å². The molecule has 0 aromatic rings. The average Bonchev–Trinajstić information content (AvgIpc) is 2.11. The highest BCUT2D eigenvalue weighted by atomic mass is 16.1. The van der Waals surface area contributed by atoms with Crippen molar-refractivity contribution >= 4 is 5.91 Å². The van der Waals surface area contributed by atoms with E-state index in [4.69, 9.17) is 0 Å². The van der Waals surface area contributed by atoms with Crippen LogP contribution in [0.15, 0.2) is 0 Å². The molecule has 0 spiro atoms. The molecule has 0 saturated carbocycles. The van der Waals surface area contributed by atoms with Crippen molar-refractivity contribution in [2.24, 2.45) is 5.92 Å². The number of nitrogens with one attached hydrogen (secondary N) is 1. The van der Waals surface area contributed by atoms with E-state index in [0.29, 0.717) is 6.42 Å². The molecule has 0 saturated heterocycles. The molecule has 0 aromatic heterocycles. The predicted molar refractivity (Wildman–Crippen MR) is 52.0 cm³/mol. The lowest BCUT2D eigenvalue weighted by atomic mass is 10.0. The minimum absolute atomic E-state index is 0.166. The molecule has 0 radical (unpaired) electrons. The molecule has 0 fully saturated rings. The molecular formula is C10H21NO. The van der Waals surface area contributed by atoms with Gasteiger partial charge in [0.2, 0.25) is 5.91 Å². The van der Waals surface area contributed by atoms with Gasteiger partial charge < -0.3 is 5.32 Å². The summed E-state index contributed by atoms with van der Waals surface area (Å²) in [5, 5.41) is 2.63. The molecule has 0 heterocycles. The normalized spacial score (nSPS) is 12.6. The lowest BCUT2D eigenvalue weighted by molar-refractivity contribution is -0.120. The minimum atomic E-state index is 0.166. The van der Waals surface area contributed by atoms with Gasteiger partial charge in [0.1, 0.15) is 0 Å². The standard InChI is InChI=1S/C10H21NO/c1-4-9(2)7-5-6-8-10(12)11-3/h9H,4-8H2,1-3H3,(H,11,12). The van der Waals surface area contributed by atoms with Crippen LogP contribution in [-0.4, -0.2) is 13.0 Å². The van der Waals surface area contributed by atoms with Crippen LogP contribution in [0.2, 0.25) is 0 Å². The van der Waals surface area contributed by atoms with Gasteiger partial charge in [0.05, 0.1) is 0 Å². The third kappa shape index (κ3) is 6.20. The van der Waals surface area contributed by atoms with Crippen molar-refractivity contribution in [1.82, 2.24) is 5.32 Å². The molecule has 0 bridgehead atoms. The molecule has 12 heavy (non-hydrogen) atoms. The van der Waals surface area contributed by atoms with Gasteiger partial charge in [-0.3, -0.25) is 4.79 Å². The van der Waals surface area contributed by atoms with Crippen LogP contribution in [0.5, 0.6) is 0 Å². The molecule has 1 atom stereocenters. The molecule has 72 valence electrons. The monoisotopic (exact) mass is 171 g/mol. The summed E-state index contributed by atoms with van der Waals surface area (Å²) in [4.78, 5) is 10.8. The number of carbonyl (C=O) groups is 1. The average molecular weight is 171 g/mol. The van der Waals surface area contributed by atoms with Crippen molar-refractivity contribution < 1.29 is 4.79 Å². The van der Waals surface area contributed by atoms with Gasteiger partial charge in [-0.1, -0.05) is 33.1 Å². The molecule has 0 rings (SSSR count). The molecule has 0 aliphatic heterocycles. The molecule has 2 heteroatoms. The summed E-state index contributed by atoms with van der Waals surface area (Å²) in [6, 6.07) is 0. The van der Waals surface area contributed by atoms with E-state index in [0.717, 1.165) is 12.3 Å². The first kappa shape index (κ1) is 11.5. The maximum absolute atomic E-state index is 10.8. The lowest BCUT2D eigenvalue weighted by Gasteiger charge is -2.06. The molecule has 1 N–H and O–H groups in total. The quantitative estimate of drug-likeness (QED) is 0.611. The van der Waals surface area contributed by atoms with E-state index in [1.165, 1.54) is 19.3 Å². The Hall–Kier alpha value is -0.530. The van der Waals surface area contributed by atoms with Gasteiger partial charge in [0.15, 0.2) is 0 Å². The van der Waals surface area contributed by atoms with Crippen molar-refractivity contribution in [1.29, 1.82) is 0 Å². The Morgan fingerprint density at radius 1 is 1.42 bits per heavy atom. The van der Waals surface area contributed by atoms with Crippen LogP contribution in [0.4, 0.5) is 0 Å². The van der Waals surface area contributed by atoms with Gasteiger partial charge in [0.25, 0.3) is 0 Å². The van der Waals surface area contributed by atoms with Gasteiger partial charge in [-0.25, -0.2) is 0 Å². The fourth-order valence-corrected chi connectivity index (χ4v) is 1.11. The van der Waals surface area contributed by atoms with Crippen LogP contribution in [0.25, 0.3) is 0 Å². The lowest BCUT2D eigenvalue weighted by Crippen LogP contribution is -2.16. The highest BCUT2D eigenvalue weighted by Gasteiger charge is 2.00. The Morgan fingerprint density at radius 2 is 2.08 bits per heavy atom.